The summed E-state index contributed by atoms with van der Waals surface area (Å²) in [5.74, 6) is 1.62. The maximum atomic E-state index is 5.49. The van der Waals surface area contributed by atoms with Crippen LogP contribution in [0.25, 0.3) is 5.65 Å². The van der Waals surface area contributed by atoms with Crippen LogP contribution in [-0.4, -0.2) is 57.6 Å². The molecule has 126 valence electrons. The molecular formula is C16H20N6OS. The molecule has 0 amide bonds. The van der Waals surface area contributed by atoms with Crippen molar-refractivity contribution in [1.29, 1.82) is 0 Å². The summed E-state index contributed by atoms with van der Waals surface area (Å²) >= 11 is 1.80. The van der Waals surface area contributed by atoms with Crippen LogP contribution in [0.4, 0.5) is 5.82 Å². The highest BCUT2D eigenvalue weighted by Gasteiger charge is 2.23. The summed E-state index contributed by atoms with van der Waals surface area (Å²) in [6, 6.07) is 8.53. The first-order valence-electron chi connectivity index (χ1n) is 8.09. The number of nitrogens with zero attached hydrogens (tertiary/aromatic N) is 5. The van der Waals surface area contributed by atoms with Crippen molar-refractivity contribution in [2.75, 3.05) is 38.2 Å². The minimum atomic E-state index is 0.327. The third-order valence-electron chi connectivity index (χ3n) is 4.25. The first-order chi connectivity index (χ1) is 11.8. The average molecular weight is 344 g/mol. The van der Waals surface area contributed by atoms with Crippen LogP contribution in [0.1, 0.15) is 16.7 Å². The van der Waals surface area contributed by atoms with Crippen LogP contribution >= 0.6 is 11.3 Å². The molecule has 1 N–H and O–H groups in total. The lowest BCUT2D eigenvalue weighted by atomic mass is 10.2. The zero-order valence-corrected chi connectivity index (χ0v) is 14.4. The Morgan fingerprint density at radius 3 is 2.92 bits per heavy atom. The molecule has 1 atom stereocenters. The number of hydrogen-bond donors (Lipinski definition) is 1. The minimum Gasteiger partial charge on any atom is -0.379 e. The third-order valence-corrected chi connectivity index (χ3v) is 5.23. The van der Waals surface area contributed by atoms with Gasteiger partial charge in [0, 0.05) is 24.5 Å². The fraction of sp³-hybridized carbons (Fsp3) is 0.438. The van der Waals surface area contributed by atoms with Gasteiger partial charge in [-0.3, -0.25) is 4.90 Å². The van der Waals surface area contributed by atoms with Gasteiger partial charge >= 0.3 is 0 Å². The van der Waals surface area contributed by atoms with Crippen LogP contribution in [-0.2, 0) is 4.74 Å². The molecule has 3 aromatic rings. The Labute approximate surface area is 144 Å². The lowest BCUT2D eigenvalue weighted by molar-refractivity contribution is 0.0194. The standard InChI is InChI=1S/C16H20N6OS/c1-12-18-19-16-5-4-15(20-22(12)16)17-11-13(14-3-2-10-24-14)21-6-8-23-9-7-21/h2-5,10,13H,6-9,11H2,1H3,(H,17,20). The van der Waals surface area contributed by atoms with E-state index in [1.165, 1.54) is 4.88 Å². The number of rotatable bonds is 5. The van der Waals surface area contributed by atoms with Crippen molar-refractivity contribution >= 4 is 22.8 Å². The van der Waals surface area contributed by atoms with E-state index in [1.54, 1.807) is 15.9 Å². The molecule has 24 heavy (non-hydrogen) atoms. The Bertz CT molecular complexity index is 796. The van der Waals surface area contributed by atoms with Gasteiger partial charge in [0.05, 0.1) is 19.3 Å². The van der Waals surface area contributed by atoms with Crippen LogP contribution in [0.5, 0.6) is 0 Å². The predicted octanol–water partition coefficient (Wildman–Crippen LogP) is 1.98. The Hall–Kier alpha value is -2.03. The Balaban J connectivity index is 1.52. The molecule has 0 saturated carbocycles. The zero-order chi connectivity index (χ0) is 16.4. The SMILES string of the molecule is Cc1nnc2ccc(NCC(c3cccs3)N3CCOCC3)nn12. The van der Waals surface area contributed by atoms with Gasteiger partial charge in [-0.25, -0.2) is 0 Å². The van der Waals surface area contributed by atoms with Crippen molar-refractivity contribution in [2.24, 2.45) is 0 Å². The van der Waals surface area contributed by atoms with E-state index in [4.69, 9.17) is 4.74 Å². The maximum Gasteiger partial charge on any atom is 0.178 e. The molecule has 7 nitrogen and oxygen atoms in total. The summed E-state index contributed by atoms with van der Waals surface area (Å²) in [4.78, 5) is 3.84. The molecule has 8 heteroatoms. The number of nitrogens with one attached hydrogen (secondary N) is 1. The third kappa shape index (κ3) is 3.12. The van der Waals surface area contributed by atoms with Crippen LogP contribution in [0, 0.1) is 6.92 Å². The van der Waals surface area contributed by atoms with Gasteiger partial charge < -0.3 is 10.1 Å². The number of anilines is 1. The van der Waals surface area contributed by atoms with Crippen molar-refractivity contribution in [1.82, 2.24) is 24.7 Å². The van der Waals surface area contributed by atoms with Crippen LogP contribution in [0.15, 0.2) is 29.6 Å². The molecule has 4 heterocycles. The number of thiophene rings is 1. The van der Waals surface area contributed by atoms with E-state index < -0.39 is 0 Å². The summed E-state index contributed by atoms with van der Waals surface area (Å²) < 4.78 is 7.26. The normalized spacial score (nSPS) is 17.2. The van der Waals surface area contributed by atoms with Crippen LogP contribution in [0.2, 0.25) is 0 Å². The number of aryl methyl sites for hydroxylation is 1. The van der Waals surface area contributed by atoms with E-state index in [1.807, 2.05) is 19.1 Å². The molecule has 0 bridgehead atoms. The monoisotopic (exact) mass is 344 g/mol. The van der Waals surface area contributed by atoms with Gasteiger partial charge in [-0.2, -0.15) is 4.52 Å². The number of fused-ring (bicyclic) bond motifs is 1. The second-order valence-electron chi connectivity index (χ2n) is 5.80. The minimum absolute atomic E-state index is 0.327. The molecule has 1 aliphatic heterocycles. The highest BCUT2D eigenvalue weighted by molar-refractivity contribution is 7.10. The van der Waals surface area contributed by atoms with Gasteiger partial charge in [-0.15, -0.1) is 26.6 Å². The Morgan fingerprint density at radius 1 is 1.25 bits per heavy atom. The van der Waals surface area contributed by atoms with E-state index in [-0.39, 0.29) is 0 Å². The van der Waals surface area contributed by atoms with E-state index >= 15 is 0 Å². The molecule has 1 saturated heterocycles. The number of hydrogen-bond acceptors (Lipinski definition) is 7. The molecule has 1 aliphatic rings. The van der Waals surface area contributed by atoms with Crippen molar-refractivity contribution in [3.8, 4) is 0 Å². The molecular weight excluding hydrogens is 324 g/mol. The lowest BCUT2D eigenvalue weighted by Crippen LogP contribution is -2.41. The van der Waals surface area contributed by atoms with E-state index in [0.29, 0.717) is 6.04 Å². The van der Waals surface area contributed by atoms with E-state index in [2.05, 4.69) is 43.0 Å². The molecule has 0 radical (unpaired) electrons. The molecule has 0 aromatic carbocycles. The van der Waals surface area contributed by atoms with Gasteiger partial charge in [-0.1, -0.05) is 6.07 Å². The van der Waals surface area contributed by atoms with Gasteiger partial charge in [0.1, 0.15) is 5.82 Å². The van der Waals surface area contributed by atoms with Crippen LogP contribution < -0.4 is 5.32 Å². The largest absolute Gasteiger partial charge is 0.379 e. The molecule has 0 aliphatic carbocycles. The number of ether oxygens (including phenoxy) is 1. The van der Waals surface area contributed by atoms with E-state index in [9.17, 15) is 0 Å². The summed E-state index contributed by atoms with van der Waals surface area (Å²) in [7, 11) is 0. The quantitative estimate of drug-likeness (QED) is 0.763. The first-order valence-corrected chi connectivity index (χ1v) is 8.97. The second-order valence-corrected chi connectivity index (χ2v) is 6.78. The Kier molecular flexibility index (Phi) is 4.42. The van der Waals surface area contributed by atoms with Gasteiger partial charge in [0.2, 0.25) is 0 Å². The second kappa shape index (κ2) is 6.84. The Morgan fingerprint density at radius 2 is 2.12 bits per heavy atom. The van der Waals surface area contributed by atoms with Crippen molar-refractivity contribution in [3.05, 3.63) is 40.3 Å². The van der Waals surface area contributed by atoms with Gasteiger partial charge in [0.15, 0.2) is 11.5 Å². The van der Waals surface area contributed by atoms with Crippen LogP contribution in [0.3, 0.4) is 0 Å². The summed E-state index contributed by atoms with van der Waals surface area (Å²) in [6.45, 7) is 6.22. The fourth-order valence-electron chi connectivity index (χ4n) is 2.97. The topological polar surface area (TPSA) is 67.6 Å². The zero-order valence-electron chi connectivity index (χ0n) is 13.6. The van der Waals surface area contributed by atoms with Crippen molar-refractivity contribution in [3.63, 3.8) is 0 Å². The number of morpholine rings is 1. The first kappa shape index (κ1) is 15.5. The van der Waals surface area contributed by atoms with E-state index in [0.717, 1.165) is 50.1 Å². The molecule has 0 spiro atoms. The molecule has 3 aromatic heterocycles. The number of aromatic nitrogens is 4. The molecule has 4 rings (SSSR count). The van der Waals surface area contributed by atoms with Gasteiger partial charge in [-0.05, 0) is 30.5 Å². The highest BCUT2D eigenvalue weighted by Crippen LogP contribution is 2.26. The molecule has 1 unspecified atom stereocenters. The smallest absolute Gasteiger partial charge is 0.178 e. The predicted molar refractivity (Wildman–Crippen MR) is 93.5 cm³/mol. The molecule has 1 fully saturated rings. The lowest BCUT2D eigenvalue weighted by Gasteiger charge is -2.34. The van der Waals surface area contributed by atoms with Gasteiger partial charge in [0.25, 0.3) is 0 Å². The average Bonchev–Trinajstić information content (AvgIpc) is 3.27. The summed E-state index contributed by atoms with van der Waals surface area (Å²) in [5, 5.41) is 18.3. The summed E-state index contributed by atoms with van der Waals surface area (Å²) in [5.41, 5.74) is 0.765. The van der Waals surface area contributed by atoms with Crippen molar-refractivity contribution < 1.29 is 4.74 Å². The highest BCUT2D eigenvalue weighted by atomic mass is 32.1. The fourth-order valence-corrected chi connectivity index (χ4v) is 3.83. The summed E-state index contributed by atoms with van der Waals surface area (Å²) in [6.07, 6.45) is 0. The van der Waals surface area contributed by atoms with Crippen molar-refractivity contribution in [2.45, 2.75) is 13.0 Å². The maximum absolute atomic E-state index is 5.49.